The van der Waals surface area contributed by atoms with Crippen molar-refractivity contribution in [3.8, 4) is 0 Å². The Morgan fingerprint density at radius 1 is 0.963 bits per heavy atom. The van der Waals surface area contributed by atoms with Gasteiger partial charge in [0.05, 0.1) is 39.6 Å². The molecule has 27 heavy (non-hydrogen) atoms. The molecule has 1 fully saturated rings. The van der Waals surface area contributed by atoms with Gasteiger partial charge in [-0.2, -0.15) is 11.8 Å². The minimum atomic E-state index is -0.248. The fraction of sp³-hybridized carbons (Fsp3) is 0.889. The van der Waals surface area contributed by atoms with Crippen LogP contribution in [0, 0.1) is 0 Å². The van der Waals surface area contributed by atoms with Crippen molar-refractivity contribution in [2.75, 3.05) is 72.1 Å². The van der Waals surface area contributed by atoms with Crippen LogP contribution in [0.5, 0.6) is 0 Å². The van der Waals surface area contributed by atoms with Gasteiger partial charge in [0.2, 0.25) is 5.91 Å². The van der Waals surface area contributed by atoms with Crippen molar-refractivity contribution in [2.24, 2.45) is 0 Å². The van der Waals surface area contributed by atoms with Crippen LogP contribution in [0.2, 0.25) is 0 Å². The number of ether oxygens (including phenoxy) is 4. The first-order valence-electron chi connectivity index (χ1n) is 9.61. The fourth-order valence-electron chi connectivity index (χ4n) is 2.48. The Balaban J connectivity index is 1.81. The zero-order valence-electron chi connectivity index (χ0n) is 16.6. The van der Waals surface area contributed by atoms with Gasteiger partial charge in [-0.3, -0.25) is 4.79 Å². The molecule has 1 saturated heterocycles. The maximum Gasteiger partial charge on any atom is 0.409 e. The molecule has 0 spiro atoms. The summed E-state index contributed by atoms with van der Waals surface area (Å²) in [5.41, 5.74) is 0. The summed E-state index contributed by atoms with van der Waals surface area (Å²) in [7, 11) is 0. The maximum absolute atomic E-state index is 11.9. The lowest BCUT2D eigenvalue weighted by atomic mass is 10.1. The third-order valence-corrected chi connectivity index (χ3v) is 5.26. The molecule has 0 aromatic carbocycles. The van der Waals surface area contributed by atoms with E-state index in [0.717, 1.165) is 25.9 Å². The predicted octanol–water partition coefficient (Wildman–Crippen LogP) is 1.53. The van der Waals surface area contributed by atoms with Gasteiger partial charge < -0.3 is 29.2 Å². The quantitative estimate of drug-likeness (QED) is 0.438. The number of carbonyl (C=O) groups is 2. The summed E-state index contributed by atoms with van der Waals surface area (Å²) in [6, 6.07) is 0. The molecule has 2 amide bonds. The first-order valence-corrected chi connectivity index (χ1v) is 10.9. The second kappa shape index (κ2) is 16.0. The van der Waals surface area contributed by atoms with Gasteiger partial charge in [0, 0.05) is 31.3 Å². The molecule has 0 aliphatic carbocycles. The number of hydrogen-bond acceptors (Lipinski definition) is 7. The predicted molar refractivity (Wildman–Crippen MR) is 105 cm³/mol. The van der Waals surface area contributed by atoms with Gasteiger partial charge in [-0.15, -0.1) is 0 Å². The maximum atomic E-state index is 11.9. The molecule has 1 heterocycles. The van der Waals surface area contributed by atoms with E-state index < -0.39 is 0 Å². The monoisotopic (exact) mass is 406 g/mol. The highest BCUT2D eigenvalue weighted by molar-refractivity contribution is 7.99. The molecule has 0 atom stereocenters. The Morgan fingerprint density at radius 2 is 1.52 bits per heavy atom. The minimum absolute atomic E-state index is 0.0258. The summed E-state index contributed by atoms with van der Waals surface area (Å²) >= 11 is 1.86. The van der Waals surface area contributed by atoms with E-state index in [2.05, 4.69) is 11.6 Å². The van der Waals surface area contributed by atoms with Crippen LogP contribution in [0.4, 0.5) is 4.79 Å². The molecule has 1 aliphatic rings. The van der Waals surface area contributed by atoms with E-state index in [1.54, 1.807) is 4.90 Å². The van der Waals surface area contributed by atoms with Crippen LogP contribution in [-0.2, 0) is 23.7 Å². The van der Waals surface area contributed by atoms with E-state index >= 15 is 0 Å². The van der Waals surface area contributed by atoms with E-state index in [1.165, 1.54) is 0 Å². The third-order valence-electron chi connectivity index (χ3n) is 4.12. The Labute approximate surface area is 166 Å². The average Bonchev–Trinajstić information content (AvgIpc) is 2.71. The topological polar surface area (TPSA) is 86.3 Å². The molecule has 0 aromatic heterocycles. The van der Waals surface area contributed by atoms with Crippen LogP contribution in [-0.4, -0.2) is 94.3 Å². The summed E-state index contributed by atoms with van der Waals surface area (Å²) in [6.07, 6.45) is 4.41. The molecule has 9 heteroatoms. The number of likely N-dealkylation sites (tertiary alicyclic amines) is 1. The molecule has 0 aromatic rings. The number of amides is 2. The van der Waals surface area contributed by atoms with Gasteiger partial charge in [-0.05, 0) is 19.1 Å². The van der Waals surface area contributed by atoms with Gasteiger partial charge in [0.15, 0.2) is 0 Å². The second-order valence-electron chi connectivity index (χ2n) is 6.08. The Kier molecular flexibility index (Phi) is 14.2. The van der Waals surface area contributed by atoms with Crippen LogP contribution in [0.1, 0.15) is 26.2 Å². The van der Waals surface area contributed by atoms with Crippen molar-refractivity contribution in [3.63, 3.8) is 0 Å². The van der Waals surface area contributed by atoms with Crippen molar-refractivity contribution in [1.82, 2.24) is 10.2 Å². The van der Waals surface area contributed by atoms with Gasteiger partial charge in [-0.1, -0.05) is 6.92 Å². The SMILES string of the molecule is CCC(=O)NCCOCCOCCOCCOC(=O)N1CCC(SC)CC1. The van der Waals surface area contributed by atoms with Crippen molar-refractivity contribution >= 4 is 23.8 Å². The standard InChI is InChI=1S/C18H34N2O6S/c1-3-17(21)19-6-9-23-10-11-24-12-13-25-14-15-26-18(22)20-7-4-16(27-2)5-8-20/h16H,3-15H2,1-2H3,(H,19,21). The lowest BCUT2D eigenvalue weighted by Gasteiger charge is -2.30. The highest BCUT2D eigenvalue weighted by Crippen LogP contribution is 2.21. The summed E-state index contributed by atoms with van der Waals surface area (Å²) < 4.78 is 21.3. The molecule has 158 valence electrons. The molecular formula is C18H34N2O6S. The van der Waals surface area contributed by atoms with Crippen molar-refractivity contribution < 1.29 is 28.5 Å². The highest BCUT2D eigenvalue weighted by atomic mass is 32.2. The lowest BCUT2D eigenvalue weighted by molar-refractivity contribution is -0.121. The van der Waals surface area contributed by atoms with Crippen LogP contribution in [0.3, 0.4) is 0 Å². The molecule has 0 unspecified atom stereocenters. The molecule has 1 N–H and O–H groups in total. The first-order chi connectivity index (χ1) is 13.2. The van der Waals surface area contributed by atoms with Crippen LogP contribution in [0.15, 0.2) is 0 Å². The number of thioether (sulfide) groups is 1. The van der Waals surface area contributed by atoms with Crippen LogP contribution < -0.4 is 5.32 Å². The van der Waals surface area contributed by atoms with E-state index in [-0.39, 0.29) is 18.6 Å². The Bertz CT molecular complexity index is 405. The van der Waals surface area contributed by atoms with Gasteiger partial charge in [-0.25, -0.2) is 4.79 Å². The fourth-order valence-corrected chi connectivity index (χ4v) is 3.16. The largest absolute Gasteiger partial charge is 0.447 e. The molecule has 8 nitrogen and oxygen atoms in total. The molecular weight excluding hydrogens is 372 g/mol. The van der Waals surface area contributed by atoms with Crippen molar-refractivity contribution in [1.29, 1.82) is 0 Å². The van der Waals surface area contributed by atoms with Gasteiger partial charge in [0.25, 0.3) is 0 Å². The highest BCUT2D eigenvalue weighted by Gasteiger charge is 2.22. The van der Waals surface area contributed by atoms with Crippen molar-refractivity contribution in [2.45, 2.75) is 31.4 Å². The zero-order valence-corrected chi connectivity index (χ0v) is 17.4. The summed E-state index contributed by atoms with van der Waals surface area (Å²) in [5, 5.41) is 3.39. The summed E-state index contributed by atoms with van der Waals surface area (Å²) in [6.45, 7) is 6.84. The van der Waals surface area contributed by atoms with Crippen LogP contribution in [0.25, 0.3) is 0 Å². The van der Waals surface area contributed by atoms with E-state index in [0.29, 0.717) is 57.9 Å². The summed E-state index contributed by atoms with van der Waals surface area (Å²) in [4.78, 5) is 24.7. The average molecular weight is 407 g/mol. The number of piperidine rings is 1. The number of rotatable bonds is 14. The van der Waals surface area contributed by atoms with E-state index in [1.807, 2.05) is 18.7 Å². The molecule has 0 radical (unpaired) electrons. The number of nitrogens with one attached hydrogen (secondary N) is 1. The second-order valence-corrected chi connectivity index (χ2v) is 7.22. The molecule has 0 bridgehead atoms. The zero-order chi connectivity index (χ0) is 19.7. The normalized spacial score (nSPS) is 15.0. The number of carbonyl (C=O) groups excluding carboxylic acids is 2. The number of nitrogens with zero attached hydrogens (tertiary/aromatic N) is 1. The van der Waals surface area contributed by atoms with E-state index in [9.17, 15) is 9.59 Å². The Morgan fingerprint density at radius 3 is 2.07 bits per heavy atom. The summed E-state index contributed by atoms with van der Waals surface area (Å²) in [5.74, 6) is 0.0258. The lowest BCUT2D eigenvalue weighted by Crippen LogP contribution is -2.39. The third kappa shape index (κ3) is 12.1. The molecule has 1 rings (SSSR count). The molecule has 0 saturated carbocycles. The van der Waals surface area contributed by atoms with Gasteiger partial charge in [0.1, 0.15) is 6.61 Å². The first kappa shape index (κ1) is 24.0. The number of hydrogen-bond donors (Lipinski definition) is 1. The Hall–Kier alpha value is -1.03. The smallest absolute Gasteiger partial charge is 0.409 e. The van der Waals surface area contributed by atoms with Gasteiger partial charge >= 0.3 is 6.09 Å². The van der Waals surface area contributed by atoms with E-state index in [4.69, 9.17) is 18.9 Å². The van der Waals surface area contributed by atoms with Crippen molar-refractivity contribution in [3.05, 3.63) is 0 Å². The molecule has 1 aliphatic heterocycles. The van der Waals surface area contributed by atoms with Crippen LogP contribution >= 0.6 is 11.8 Å². The minimum Gasteiger partial charge on any atom is -0.447 e.